The molecule has 1 aromatic rings. The van der Waals surface area contributed by atoms with Crippen molar-refractivity contribution in [3.63, 3.8) is 0 Å². The first-order valence-electron chi connectivity index (χ1n) is 7.11. The average Bonchev–Trinajstić information content (AvgIpc) is 2.48. The van der Waals surface area contributed by atoms with E-state index >= 15 is 0 Å². The highest BCUT2D eigenvalue weighted by Gasteiger charge is 2.12. The van der Waals surface area contributed by atoms with Crippen molar-refractivity contribution in [3.05, 3.63) is 23.8 Å². The summed E-state index contributed by atoms with van der Waals surface area (Å²) in [5, 5.41) is 13.1. The third-order valence-corrected chi connectivity index (χ3v) is 4.63. The fourth-order valence-electron chi connectivity index (χ4n) is 2.35. The van der Waals surface area contributed by atoms with Crippen LogP contribution in [0.15, 0.2) is 18.2 Å². The molecule has 1 heterocycles. The number of nitrogens with zero attached hydrogens (tertiary/aromatic N) is 1. The molecule has 0 radical (unpaired) electrons. The lowest BCUT2D eigenvalue weighted by atomic mass is 10.1. The minimum atomic E-state index is 0.189. The van der Waals surface area contributed by atoms with E-state index in [1.54, 1.807) is 13.2 Å². The molecular weight excluding hydrogens is 272 g/mol. The van der Waals surface area contributed by atoms with Crippen LogP contribution in [-0.4, -0.2) is 54.8 Å². The van der Waals surface area contributed by atoms with Crippen molar-refractivity contribution >= 4 is 11.8 Å². The Morgan fingerprint density at radius 3 is 2.85 bits per heavy atom. The lowest BCUT2D eigenvalue weighted by Gasteiger charge is -2.27. The number of aromatic hydroxyl groups is 1. The van der Waals surface area contributed by atoms with Crippen LogP contribution in [0.3, 0.4) is 0 Å². The number of phenolic OH excluding ortho intramolecular Hbond substituents is 1. The standard InChI is InChI=1S/C15H24N2O2S/c1-12(13-3-4-14(18)15(11-13)19-2)16-5-6-17-7-9-20-10-8-17/h3-4,11-12,16,18H,5-10H2,1-2H3. The molecule has 20 heavy (non-hydrogen) atoms. The highest BCUT2D eigenvalue weighted by molar-refractivity contribution is 7.99. The molecule has 0 aliphatic carbocycles. The molecule has 1 saturated heterocycles. The van der Waals surface area contributed by atoms with Gasteiger partial charge in [0.25, 0.3) is 0 Å². The van der Waals surface area contributed by atoms with Crippen molar-refractivity contribution < 1.29 is 9.84 Å². The van der Waals surface area contributed by atoms with Gasteiger partial charge in [-0.05, 0) is 24.6 Å². The Labute approximate surface area is 125 Å². The van der Waals surface area contributed by atoms with Crippen LogP contribution in [-0.2, 0) is 0 Å². The number of methoxy groups -OCH3 is 1. The van der Waals surface area contributed by atoms with Crippen molar-refractivity contribution in [2.75, 3.05) is 44.8 Å². The molecular formula is C15H24N2O2S. The first-order chi connectivity index (χ1) is 9.70. The van der Waals surface area contributed by atoms with E-state index in [1.165, 1.54) is 24.6 Å². The molecule has 1 aromatic carbocycles. The molecule has 2 rings (SSSR count). The number of thioether (sulfide) groups is 1. The molecule has 1 unspecified atom stereocenters. The molecule has 0 bridgehead atoms. The van der Waals surface area contributed by atoms with E-state index in [0.717, 1.165) is 18.7 Å². The quantitative estimate of drug-likeness (QED) is 0.842. The molecule has 1 atom stereocenters. The zero-order valence-electron chi connectivity index (χ0n) is 12.3. The zero-order chi connectivity index (χ0) is 14.4. The molecule has 1 aliphatic heterocycles. The average molecular weight is 296 g/mol. The fourth-order valence-corrected chi connectivity index (χ4v) is 3.32. The normalized spacial score (nSPS) is 17.9. The second kappa shape index (κ2) is 7.76. The van der Waals surface area contributed by atoms with Crippen LogP contribution in [0.1, 0.15) is 18.5 Å². The third kappa shape index (κ3) is 4.30. The minimum absolute atomic E-state index is 0.189. The molecule has 0 saturated carbocycles. The van der Waals surface area contributed by atoms with Gasteiger partial charge in [-0.1, -0.05) is 6.07 Å². The maximum Gasteiger partial charge on any atom is 0.160 e. The van der Waals surface area contributed by atoms with Crippen molar-refractivity contribution in [3.8, 4) is 11.5 Å². The van der Waals surface area contributed by atoms with E-state index in [1.807, 2.05) is 23.9 Å². The Hall–Kier alpha value is -0.910. The summed E-state index contributed by atoms with van der Waals surface area (Å²) in [6.07, 6.45) is 0. The summed E-state index contributed by atoms with van der Waals surface area (Å²) >= 11 is 2.04. The van der Waals surface area contributed by atoms with Crippen LogP contribution in [0.2, 0.25) is 0 Å². The monoisotopic (exact) mass is 296 g/mol. The van der Waals surface area contributed by atoms with Crippen molar-refractivity contribution in [2.24, 2.45) is 0 Å². The summed E-state index contributed by atoms with van der Waals surface area (Å²) in [5.74, 6) is 3.23. The summed E-state index contributed by atoms with van der Waals surface area (Å²) in [7, 11) is 1.57. The molecule has 0 spiro atoms. The molecule has 5 heteroatoms. The van der Waals surface area contributed by atoms with Gasteiger partial charge in [-0.2, -0.15) is 11.8 Å². The number of phenols is 1. The van der Waals surface area contributed by atoms with Crippen molar-refractivity contribution in [1.82, 2.24) is 10.2 Å². The first-order valence-corrected chi connectivity index (χ1v) is 8.26. The second-order valence-corrected chi connectivity index (χ2v) is 6.29. The number of rotatable bonds is 6. The van der Waals surface area contributed by atoms with Crippen LogP contribution >= 0.6 is 11.8 Å². The summed E-state index contributed by atoms with van der Waals surface area (Å²) < 4.78 is 5.15. The van der Waals surface area contributed by atoms with Gasteiger partial charge in [0.1, 0.15) is 0 Å². The molecule has 0 amide bonds. The van der Waals surface area contributed by atoms with Crippen molar-refractivity contribution in [2.45, 2.75) is 13.0 Å². The van der Waals surface area contributed by atoms with Crippen LogP contribution in [0.5, 0.6) is 11.5 Å². The minimum Gasteiger partial charge on any atom is -0.504 e. The summed E-state index contributed by atoms with van der Waals surface area (Å²) in [6.45, 7) is 6.62. The van der Waals surface area contributed by atoms with E-state index in [4.69, 9.17) is 4.74 Å². The molecule has 1 aliphatic rings. The number of ether oxygens (including phenoxy) is 1. The fraction of sp³-hybridized carbons (Fsp3) is 0.600. The van der Waals surface area contributed by atoms with Gasteiger partial charge in [0.2, 0.25) is 0 Å². The van der Waals surface area contributed by atoms with Crippen molar-refractivity contribution in [1.29, 1.82) is 0 Å². The molecule has 112 valence electrons. The van der Waals surface area contributed by atoms with Gasteiger partial charge in [0.15, 0.2) is 11.5 Å². The third-order valence-electron chi connectivity index (χ3n) is 3.69. The lowest BCUT2D eigenvalue weighted by Crippen LogP contribution is -2.38. The Morgan fingerprint density at radius 1 is 1.40 bits per heavy atom. The van der Waals surface area contributed by atoms with E-state index in [2.05, 4.69) is 17.1 Å². The largest absolute Gasteiger partial charge is 0.504 e. The van der Waals surface area contributed by atoms with E-state index in [9.17, 15) is 5.11 Å². The Kier molecular flexibility index (Phi) is 6.01. The molecule has 1 fully saturated rings. The molecule has 0 aromatic heterocycles. The molecule has 2 N–H and O–H groups in total. The topological polar surface area (TPSA) is 44.7 Å². The van der Waals surface area contributed by atoms with Gasteiger partial charge in [-0.3, -0.25) is 0 Å². The van der Waals surface area contributed by atoms with Gasteiger partial charge in [0.05, 0.1) is 7.11 Å². The lowest BCUT2D eigenvalue weighted by molar-refractivity contribution is 0.296. The zero-order valence-corrected chi connectivity index (χ0v) is 13.1. The van der Waals surface area contributed by atoms with Gasteiger partial charge in [-0.15, -0.1) is 0 Å². The van der Waals surface area contributed by atoms with E-state index in [0.29, 0.717) is 5.75 Å². The Balaban J connectivity index is 1.80. The smallest absolute Gasteiger partial charge is 0.160 e. The Morgan fingerprint density at radius 2 is 2.15 bits per heavy atom. The highest BCUT2D eigenvalue weighted by Crippen LogP contribution is 2.28. The van der Waals surface area contributed by atoms with Gasteiger partial charge < -0.3 is 20.1 Å². The van der Waals surface area contributed by atoms with E-state index < -0.39 is 0 Å². The molecule has 4 nitrogen and oxygen atoms in total. The number of benzene rings is 1. The van der Waals surface area contributed by atoms with Gasteiger partial charge >= 0.3 is 0 Å². The highest BCUT2D eigenvalue weighted by atomic mass is 32.2. The van der Waals surface area contributed by atoms with Gasteiger partial charge in [-0.25, -0.2) is 0 Å². The summed E-state index contributed by atoms with van der Waals surface area (Å²) in [6, 6.07) is 5.77. The first kappa shape index (κ1) is 15.5. The van der Waals surface area contributed by atoms with Crippen LogP contribution in [0.25, 0.3) is 0 Å². The number of hydrogen-bond acceptors (Lipinski definition) is 5. The van der Waals surface area contributed by atoms with Gasteiger partial charge in [0, 0.05) is 43.7 Å². The maximum absolute atomic E-state index is 9.61. The maximum atomic E-state index is 9.61. The van der Waals surface area contributed by atoms with Crippen LogP contribution < -0.4 is 10.1 Å². The second-order valence-electron chi connectivity index (χ2n) is 5.06. The van der Waals surface area contributed by atoms with E-state index in [-0.39, 0.29) is 11.8 Å². The predicted molar refractivity (Wildman–Crippen MR) is 84.8 cm³/mol. The number of nitrogens with one attached hydrogen (secondary N) is 1. The van der Waals surface area contributed by atoms with Crippen LogP contribution in [0.4, 0.5) is 0 Å². The number of hydrogen-bond donors (Lipinski definition) is 2. The summed E-state index contributed by atoms with van der Waals surface area (Å²) in [4.78, 5) is 2.51. The van der Waals surface area contributed by atoms with Crippen LogP contribution in [0, 0.1) is 0 Å². The predicted octanol–water partition coefficient (Wildman–Crippen LogP) is 2.10. The Bertz CT molecular complexity index is 422. The summed E-state index contributed by atoms with van der Waals surface area (Å²) in [5.41, 5.74) is 1.13. The SMILES string of the molecule is COc1cc(C(C)NCCN2CCSCC2)ccc1O.